The van der Waals surface area contributed by atoms with Crippen molar-refractivity contribution < 1.29 is 16.8 Å². The van der Waals surface area contributed by atoms with Crippen molar-refractivity contribution in [2.75, 3.05) is 9.44 Å². The zero-order valence-corrected chi connectivity index (χ0v) is 18.0. The molecule has 0 radical (unpaired) electrons. The lowest BCUT2D eigenvalue weighted by atomic mass is 10.2. The first kappa shape index (κ1) is 21.4. The Labute approximate surface area is 179 Å². The fourth-order valence-electron chi connectivity index (χ4n) is 2.50. The van der Waals surface area contributed by atoms with E-state index in [1.807, 2.05) is 0 Å². The first-order valence-corrected chi connectivity index (χ1v) is 12.2. The molecular weight excluding hydrogens is 455 g/mol. The van der Waals surface area contributed by atoms with E-state index in [1.54, 1.807) is 48.5 Å². The maximum absolute atomic E-state index is 12.4. The molecular formula is C19H16Cl2N2O4S2. The first-order valence-electron chi connectivity index (χ1n) is 8.28. The maximum Gasteiger partial charge on any atom is 0.261 e. The molecule has 0 aliphatic rings. The van der Waals surface area contributed by atoms with Crippen LogP contribution in [0.2, 0.25) is 10.0 Å². The van der Waals surface area contributed by atoms with Gasteiger partial charge in [-0.05, 0) is 48.5 Å². The number of nitrogens with one attached hydrogen (secondary N) is 2. The van der Waals surface area contributed by atoms with Gasteiger partial charge in [0, 0.05) is 27.0 Å². The molecule has 0 aliphatic carbocycles. The highest BCUT2D eigenvalue weighted by Crippen LogP contribution is 2.27. The van der Waals surface area contributed by atoms with Crippen molar-refractivity contribution in [2.24, 2.45) is 0 Å². The number of rotatable bonds is 7. The second kappa shape index (κ2) is 8.62. The van der Waals surface area contributed by atoms with Gasteiger partial charge in [-0.25, -0.2) is 16.8 Å². The Kier molecular flexibility index (Phi) is 6.38. The van der Waals surface area contributed by atoms with Crippen molar-refractivity contribution in [3.8, 4) is 0 Å². The monoisotopic (exact) mass is 470 g/mol. The van der Waals surface area contributed by atoms with E-state index >= 15 is 0 Å². The average molecular weight is 471 g/mol. The zero-order chi connectivity index (χ0) is 21.1. The van der Waals surface area contributed by atoms with Crippen molar-refractivity contribution in [2.45, 2.75) is 10.6 Å². The fraction of sp³-hybridized carbons (Fsp3) is 0.0526. The van der Waals surface area contributed by atoms with Gasteiger partial charge < -0.3 is 0 Å². The van der Waals surface area contributed by atoms with Crippen molar-refractivity contribution in [1.29, 1.82) is 0 Å². The predicted octanol–water partition coefficient (Wildman–Crippen LogP) is 4.74. The lowest BCUT2D eigenvalue weighted by Crippen LogP contribution is -2.16. The molecule has 0 aliphatic heterocycles. The number of benzene rings is 3. The highest BCUT2D eigenvalue weighted by atomic mass is 35.5. The summed E-state index contributed by atoms with van der Waals surface area (Å²) in [6.07, 6.45) is 0. The molecule has 3 rings (SSSR count). The summed E-state index contributed by atoms with van der Waals surface area (Å²) in [7, 11) is -7.61. The second-order valence-electron chi connectivity index (χ2n) is 6.06. The first-order chi connectivity index (χ1) is 13.7. The lowest BCUT2D eigenvalue weighted by Gasteiger charge is -2.12. The molecule has 0 fully saturated rings. The molecule has 0 heterocycles. The van der Waals surface area contributed by atoms with Crippen LogP contribution in [-0.4, -0.2) is 16.8 Å². The summed E-state index contributed by atoms with van der Waals surface area (Å²) in [5.74, 6) is -0.416. The van der Waals surface area contributed by atoms with E-state index < -0.39 is 25.8 Å². The molecule has 29 heavy (non-hydrogen) atoms. The van der Waals surface area contributed by atoms with Crippen molar-refractivity contribution in [3.63, 3.8) is 0 Å². The lowest BCUT2D eigenvalue weighted by molar-refractivity contribution is 0.599. The third kappa shape index (κ3) is 5.63. The van der Waals surface area contributed by atoms with Crippen LogP contribution in [0.25, 0.3) is 0 Å². The molecule has 0 spiro atoms. The van der Waals surface area contributed by atoms with Crippen LogP contribution in [-0.2, 0) is 25.8 Å². The zero-order valence-electron chi connectivity index (χ0n) is 14.8. The summed E-state index contributed by atoms with van der Waals surface area (Å²) < 4.78 is 54.6. The topological polar surface area (TPSA) is 92.3 Å². The van der Waals surface area contributed by atoms with E-state index in [0.717, 1.165) is 0 Å². The summed E-state index contributed by atoms with van der Waals surface area (Å²) in [6.45, 7) is 0. The van der Waals surface area contributed by atoms with Gasteiger partial charge in [-0.15, -0.1) is 0 Å². The van der Waals surface area contributed by atoms with Crippen molar-refractivity contribution in [3.05, 3.63) is 88.4 Å². The normalized spacial score (nSPS) is 11.8. The van der Waals surface area contributed by atoms with E-state index in [-0.39, 0.29) is 26.2 Å². The van der Waals surface area contributed by atoms with Gasteiger partial charge in [0.25, 0.3) is 10.0 Å². The minimum absolute atomic E-state index is 0.00144. The Hall–Kier alpha value is -2.26. The van der Waals surface area contributed by atoms with Gasteiger partial charge in [-0.3, -0.25) is 9.44 Å². The van der Waals surface area contributed by atoms with Crippen LogP contribution in [0.4, 0.5) is 11.4 Å². The third-order valence-corrected chi connectivity index (χ3v) is 7.18. The van der Waals surface area contributed by atoms with Crippen LogP contribution in [0.1, 0.15) is 5.56 Å². The second-order valence-corrected chi connectivity index (χ2v) is 10.3. The quantitative estimate of drug-likeness (QED) is 0.521. The summed E-state index contributed by atoms with van der Waals surface area (Å²) in [6, 6.07) is 18.5. The average Bonchev–Trinajstić information content (AvgIpc) is 2.65. The van der Waals surface area contributed by atoms with E-state index in [4.69, 9.17) is 23.2 Å². The molecule has 0 bridgehead atoms. The molecule has 152 valence electrons. The van der Waals surface area contributed by atoms with E-state index in [2.05, 4.69) is 9.44 Å². The molecule has 3 aromatic rings. The SMILES string of the molecule is O=S(=O)(Cc1c(Cl)cccc1Cl)Nc1ccc(S(=O)(=O)Nc2ccccc2)cc1. The molecule has 0 aromatic heterocycles. The smallest absolute Gasteiger partial charge is 0.261 e. The van der Waals surface area contributed by atoms with Crippen LogP contribution in [0.5, 0.6) is 0 Å². The molecule has 0 atom stereocenters. The summed E-state index contributed by atoms with van der Waals surface area (Å²) in [4.78, 5) is -0.00144. The number of para-hydroxylation sites is 1. The Morgan fingerprint density at radius 2 is 1.21 bits per heavy atom. The van der Waals surface area contributed by atoms with Crippen LogP contribution >= 0.6 is 23.2 Å². The van der Waals surface area contributed by atoms with Crippen molar-refractivity contribution in [1.82, 2.24) is 0 Å². The molecule has 0 unspecified atom stereocenters. The molecule has 0 saturated carbocycles. The molecule has 2 N–H and O–H groups in total. The molecule has 3 aromatic carbocycles. The maximum atomic E-state index is 12.4. The number of sulfonamides is 2. The summed E-state index contributed by atoms with van der Waals surface area (Å²) >= 11 is 12.1. The van der Waals surface area contributed by atoms with Crippen LogP contribution < -0.4 is 9.44 Å². The minimum Gasteiger partial charge on any atom is -0.283 e. The van der Waals surface area contributed by atoms with E-state index in [1.165, 1.54) is 24.3 Å². The Morgan fingerprint density at radius 3 is 1.79 bits per heavy atom. The standard InChI is InChI=1S/C19H16Cl2N2O4S2/c20-18-7-4-8-19(21)17(18)13-28(24,25)22-15-9-11-16(12-10-15)29(26,27)23-14-5-2-1-3-6-14/h1-12,22-23H,13H2. The van der Waals surface area contributed by atoms with Gasteiger partial charge in [0.1, 0.15) is 0 Å². The summed E-state index contributed by atoms with van der Waals surface area (Å²) in [5.41, 5.74) is 0.926. The highest BCUT2D eigenvalue weighted by Gasteiger charge is 2.18. The number of anilines is 2. The van der Waals surface area contributed by atoms with Gasteiger partial charge in [0.05, 0.1) is 10.6 Å². The third-order valence-electron chi connectivity index (χ3n) is 3.86. The van der Waals surface area contributed by atoms with Gasteiger partial charge >= 0.3 is 0 Å². The van der Waals surface area contributed by atoms with Crippen LogP contribution in [0.3, 0.4) is 0 Å². The molecule has 10 heteroatoms. The Balaban J connectivity index is 1.74. The molecule has 0 amide bonds. The Bertz CT molecular complexity index is 1190. The summed E-state index contributed by atoms with van der Waals surface area (Å²) in [5, 5.41) is 0.493. The van der Waals surface area contributed by atoms with Gasteiger partial charge in [-0.1, -0.05) is 47.5 Å². The van der Waals surface area contributed by atoms with E-state index in [9.17, 15) is 16.8 Å². The number of hydrogen-bond acceptors (Lipinski definition) is 4. The highest BCUT2D eigenvalue weighted by molar-refractivity contribution is 7.92. The fourth-order valence-corrected chi connectivity index (χ4v) is 5.50. The van der Waals surface area contributed by atoms with E-state index in [0.29, 0.717) is 5.69 Å². The van der Waals surface area contributed by atoms with Crippen LogP contribution in [0, 0.1) is 0 Å². The van der Waals surface area contributed by atoms with Gasteiger partial charge in [0.2, 0.25) is 10.0 Å². The van der Waals surface area contributed by atoms with Gasteiger partial charge in [0.15, 0.2) is 0 Å². The van der Waals surface area contributed by atoms with Gasteiger partial charge in [-0.2, -0.15) is 0 Å². The number of halogens is 2. The largest absolute Gasteiger partial charge is 0.283 e. The minimum atomic E-state index is -3.81. The molecule has 0 saturated heterocycles. The number of hydrogen-bond donors (Lipinski definition) is 2. The predicted molar refractivity (Wildman–Crippen MR) is 116 cm³/mol. The van der Waals surface area contributed by atoms with Crippen molar-refractivity contribution >= 4 is 54.6 Å². The Morgan fingerprint density at radius 1 is 0.655 bits per heavy atom. The molecule has 6 nitrogen and oxygen atoms in total. The van der Waals surface area contributed by atoms with Crippen LogP contribution in [0.15, 0.2) is 77.7 Å².